The molecular formula is C20H27N3O3. The Hall–Kier alpha value is -2.37. The number of rotatable bonds is 8. The molecule has 3 N–H and O–H groups in total. The van der Waals surface area contributed by atoms with Crippen molar-refractivity contribution in [2.45, 2.75) is 44.9 Å². The van der Waals surface area contributed by atoms with E-state index in [0.29, 0.717) is 36.7 Å². The first-order chi connectivity index (χ1) is 12.6. The predicted molar refractivity (Wildman–Crippen MR) is 99.7 cm³/mol. The fraction of sp³-hybridized carbons (Fsp3) is 0.550. The Labute approximate surface area is 154 Å². The van der Waals surface area contributed by atoms with Gasteiger partial charge in [-0.25, -0.2) is 0 Å². The molecule has 3 rings (SSSR count). The van der Waals surface area contributed by atoms with E-state index in [0.717, 1.165) is 25.7 Å². The van der Waals surface area contributed by atoms with Gasteiger partial charge in [-0.15, -0.1) is 0 Å². The van der Waals surface area contributed by atoms with Gasteiger partial charge in [-0.05, 0) is 55.9 Å². The van der Waals surface area contributed by atoms with Crippen molar-refractivity contribution in [1.82, 2.24) is 10.6 Å². The maximum absolute atomic E-state index is 12.1. The summed E-state index contributed by atoms with van der Waals surface area (Å²) in [4.78, 5) is 35.6. The van der Waals surface area contributed by atoms with Crippen LogP contribution in [-0.2, 0) is 9.59 Å². The van der Waals surface area contributed by atoms with Gasteiger partial charge in [-0.2, -0.15) is 0 Å². The van der Waals surface area contributed by atoms with E-state index in [9.17, 15) is 14.4 Å². The van der Waals surface area contributed by atoms with Crippen molar-refractivity contribution < 1.29 is 14.4 Å². The van der Waals surface area contributed by atoms with Gasteiger partial charge in [0.2, 0.25) is 11.8 Å². The fourth-order valence-electron chi connectivity index (χ4n) is 3.35. The molecule has 26 heavy (non-hydrogen) atoms. The minimum absolute atomic E-state index is 0.0421. The Morgan fingerprint density at radius 2 is 1.54 bits per heavy atom. The number of carbonyl (C=O) groups excluding carboxylic acids is 3. The zero-order valence-electron chi connectivity index (χ0n) is 15.1. The highest BCUT2D eigenvalue weighted by molar-refractivity contribution is 5.95. The van der Waals surface area contributed by atoms with Crippen LogP contribution in [0.15, 0.2) is 24.3 Å². The molecule has 3 amide bonds. The molecule has 140 valence electrons. The largest absolute Gasteiger partial charge is 0.354 e. The highest BCUT2D eigenvalue weighted by atomic mass is 16.2. The molecule has 1 aromatic rings. The SMILES string of the molecule is O=C(CC1CCCC1)Nc1ccc(C(=O)NCCNC(=O)C2CC2)cc1. The lowest BCUT2D eigenvalue weighted by atomic mass is 10.0. The van der Waals surface area contributed by atoms with Gasteiger partial charge in [0.1, 0.15) is 0 Å². The number of hydrogen-bond acceptors (Lipinski definition) is 3. The molecule has 2 saturated carbocycles. The van der Waals surface area contributed by atoms with Crippen molar-refractivity contribution in [3.8, 4) is 0 Å². The topological polar surface area (TPSA) is 87.3 Å². The van der Waals surface area contributed by atoms with E-state index in [1.165, 1.54) is 12.8 Å². The van der Waals surface area contributed by atoms with Crippen LogP contribution in [0.5, 0.6) is 0 Å². The average Bonchev–Trinajstić information content (AvgIpc) is 3.37. The van der Waals surface area contributed by atoms with Crippen LogP contribution in [0, 0.1) is 11.8 Å². The molecule has 2 aliphatic rings. The molecule has 0 bridgehead atoms. The fourth-order valence-corrected chi connectivity index (χ4v) is 3.35. The lowest BCUT2D eigenvalue weighted by Crippen LogP contribution is -2.35. The molecule has 0 aliphatic heterocycles. The van der Waals surface area contributed by atoms with E-state index in [4.69, 9.17) is 0 Å². The molecule has 0 atom stereocenters. The molecule has 0 aromatic heterocycles. The Morgan fingerprint density at radius 1 is 0.885 bits per heavy atom. The van der Waals surface area contributed by atoms with E-state index in [2.05, 4.69) is 16.0 Å². The number of carbonyl (C=O) groups is 3. The van der Waals surface area contributed by atoms with Crippen molar-refractivity contribution in [3.05, 3.63) is 29.8 Å². The van der Waals surface area contributed by atoms with Crippen molar-refractivity contribution in [1.29, 1.82) is 0 Å². The summed E-state index contributed by atoms with van der Waals surface area (Å²) in [5.41, 5.74) is 1.24. The summed E-state index contributed by atoms with van der Waals surface area (Å²) in [6, 6.07) is 6.89. The van der Waals surface area contributed by atoms with Gasteiger partial charge in [0.05, 0.1) is 0 Å². The van der Waals surface area contributed by atoms with Crippen LogP contribution in [0.25, 0.3) is 0 Å². The summed E-state index contributed by atoms with van der Waals surface area (Å²) in [5.74, 6) is 0.634. The van der Waals surface area contributed by atoms with Gasteiger partial charge >= 0.3 is 0 Å². The van der Waals surface area contributed by atoms with Gasteiger partial charge in [-0.1, -0.05) is 12.8 Å². The van der Waals surface area contributed by atoms with Crippen molar-refractivity contribution in [2.75, 3.05) is 18.4 Å². The Morgan fingerprint density at radius 3 is 2.19 bits per heavy atom. The zero-order chi connectivity index (χ0) is 18.4. The van der Waals surface area contributed by atoms with E-state index in [1.54, 1.807) is 24.3 Å². The number of nitrogens with one attached hydrogen (secondary N) is 3. The maximum atomic E-state index is 12.1. The van der Waals surface area contributed by atoms with Crippen LogP contribution in [0.3, 0.4) is 0 Å². The lowest BCUT2D eigenvalue weighted by Gasteiger charge is -2.10. The second-order valence-corrected chi connectivity index (χ2v) is 7.30. The summed E-state index contributed by atoms with van der Waals surface area (Å²) in [6.45, 7) is 0.841. The molecule has 0 heterocycles. The Balaban J connectivity index is 1.37. The lowest BCUT2D eigenvalue weighted by molar-refractivity contribution is -0.122. The van der Waals surface area contributed by atoms with E-state index in [-0.39, 0.29) is 23.6 Å². The first-order valence-electron chi connectivity index (χ1n) is 9.57. The number of benzene rings is 1. The molecule has 0 spiro atoms. The molecular weight excluding hydrogens is 330 g/mol. The summed E-state index contributed by atoms with van der Waals surface area (Å²) in [5, 5.41) is 8.49. The number of anilines is 1. The third-order valence-electron chi connectivity index (χ3n) is 5.04. The standard InChI is InChI=1S/C20H27N3O3/c24-18(13-14-3-1-2-4-14)23-17-9-7-16(8-10-17)20(26)22-12-11-21-19(25)15-5-6-15/h7-10,14-15H,1-6,11-13H2,(H,21,25)(H,22,26)(H,23,24). The van der Waals surface area contributed by atoms with Crippen molar-refractivity contribution in [2.24, 2.45) is 11.8 Å². The third kappa shape index (κ3) is 5.58. The minimum Gasteiger partial charge on any atom is -0.354 e. The van der Waals surface area contributed by atoms with Gasteiger partial charge in [0.15, 0.2) is 0 Å². The predicted octanol–water partition coefficient (Wildman–Crippen LogP) is 2.46. The monoisotopic (exact) mass is 357 g/mol. The van der Waals surface area contributed by atoms with Crippen LogP contribution in [-0.4, -0.2) is 30.8 Å². The Bertz CT molecular complexity index is 647. The minimum atomic E-state index is -0.186. The van der Waals surface area contributed by atoms with E-state index in [1.807, 2.05) is 0 Å². The Kier molecular flexibility index (Phi) is 6.26. The number of amides is 3. The molecule has 2 aliphatic carbocycles. The van der Waals surface area contributed by atoms with Crippen LogP contribution < -0.4 is 16.0 Å². The van der Waals surface area contributed by atoms with Crippen LogP contribution >= 0.6 is 0 Å². The van der Waals surface area contributed by atoms with Crippen LogP contribution in [0.1, 0.15) is 55.3 Å². The molecule has 1 aromatic carbocycles. The smallest absolute Gasteiger partial charge is 0.251 e. The van der Waals surface area contributed by atoms with Gasteiger partial charge in [0, 0.05) is 36.7 Å². The third-order valence-corrected chi connectivity index (χ3v) is 5.04. The maximum Gasteiger partial charge on any atom is 0.251 e. The quantitative estimate of drug-likeness (QED) is 0.625. The molecule has 0 radical (unpaired) electrons. The van der Waals surface area contributed by atoms with Crippen LogP contribution in [0.4, 0.5) is 5.69 Å². The van der Waals surface area contributed by atoms with Gasteiger partial charge in [0.25, 0.3) is 5.91 Å². The zero-order valence-corrected chi connectivity index (χ0v) is 15.1. The first kappa shape index (κ1) is 18.4. The summed E-state index contributed by atoms with van der Waals surface area (Å²) >= 11 is 0. The molecule has 0 unspecified atom stereocenters. The normalized spacial score (nSPS) is 16.9. The van der Waals surface area contributed by atoms with Crippen molar-refractivity contribution in [3.63, 3.8) is 0 Å². The molecule has 0 saturated heterocycles. The molecule has 6 heteroatoms. The molecule has 2 fully saturated rings. The summed E-state index contributed by atoms with van der Waals surface area (Å²) < 4.78 is 0. The first-order valence-corrected chi connectivity index (χ1v) is 9.57. The average molecular weight is 357 g/mol. The van der Waals surface area contributed by atoms with Crippen LogP contribution in [0.2, 0.25) is 0 Å². The highest BCUT2D eigenvalue weighted by Crippen LogP contribution is 2.28. The summed E-state index contributed by atoms with van der Waals surface area (Å²) in [6.07, 6.45) is 7.28. The second kappa shape index (κ2) is 8.83. The number of hydrogen-bond donors (Lipinski definition) is 3. The molecule has 6 nitrogen and oxygen atoms in total. The van der Waals surface area contributed by atoms with Gasteiger partial charge in [-0.3, -0.25) is 14.4 Å². The summed E-state index contributed by atoms with van der Waals surface area (Å²) in [7, 11) is 0. The van der Waals surface area contributed by atoms with Gasteiger partial charge < -0.3 is 16.0 Å². The second-order valence-electron chi connectivity index (χ2n) is 7.30. The van der Waals surface area contributed by atoms with E-state index < -0.39 is 0 Å². The highest BCUT2D eigenvalue weighted by Gasteiger charge is 2.29. The van der Waals surface area contributed by atoms with E-state index >= 15 is 0 Å². The van der Waals surface area contributed by atoms with Crippen molar-refractivity contribution >= 4 is 23.4 Å².